The quantitative estimate of drug-likeness (QED) is 0.655. The van der Waals surface area contributed by atoms with Gasteiger partial charge in [0.25, 0.3) is 5.91 Å². The fourth-order valence-corrected chi connectivity index (χ4v) is 1.77. The number of methoxy groups -OCH3 is 1. The van der Waals surface area contributed by atoms with Gasteiger partial charge in [-0.1, -0.05) is 48.5 Å². The third-order valence-corrected chi connectivity index (χ3v) is 2.81. The van der Waals surface area contributed by atoms with E-state index in [0.717, 1.165) is 11.1 Å². The Balaban J connectivity index is 1.83. The van der Waals surface area contributed by atoms with E-state index in [9.17, 15) is 4.79 Å². The Kier molecular flexibility index (Phi) is 5.55. The van der Waals surface area contributed by atoms with Crippen molar-refractivity contribution >= 4 is 12.0 Å². The van der Waals surface area contributed by atoms with Crippen LogP contribution in [0.15, 0.2) is 60.7 Å². The molecule has 0 aliphatic rings. The van der Waals surface area contributed by atoms with Crippen LogP contribution in [-0.4, -0.2) is 13.0 Å². The molecule has 4 heteroatoms. The normalized spacial score (nSPS) is 10.5. The maximum Gasteiger partial charge on any atom is 0.267 e. The molecule has 0 spiro atoms. The number of carbonyl (C=O) groups is 1. The molecule has 108 valence electrons. The third kappa shape index (κ3) is 4.78. The maximum atomic E-state index is 11.6. The molecule has 2 aromatic rings. The smallest absolute Gasteiger partial charge is 0.267 e. The number of hydrogen-bond acceptors (Lipinski definition) is 3. The van der Waals surface area contributed by atoms with Crippen molar-refractivity contribution in [3.63, 3.8) is 0 Å². The number of carbonyl (C=O) groups excluding carboxylic acids is 1. The van der Waals surface area contributed by atoms with Crippen LogP contribution in [0.2, 0.25) is 0 Å². The lowest BCUT2D eigenvalue weighted by atomic mass is 10.2. The molecule has 21 heavy (non-hydrogen) atoms. The van der Waals surface area contributed by atoms with Gasteiger partial charge in [-0.15, -0.1) is 0 Å². The molecule has 4 nitrogen and oxygen atoms in total. The summed E-state index contributed by atoms with van der Waals surface area (Å²) in [7, 11) is 1.59. The second-order valence-electron chi connectivity index (χ2n) is 4.32. The summed E-state index contributed by atoms with van der Waals surface area (Å²) in [6.45, 7) is 0.328. The molecule has 0 aliphatic heterocycles. The molecule has 0 fully saturated rings. The minimum atomic E-state index is -0.322. The highest BCUT2D eigenvalue weighted by atomic mass is 16.6. The molecule has 0 aromatic heterocycles. The van der Waals surface area contributed by atoms with E-state index in [2.05, 4.69) is 5.48 Å². The van der Waals surface area contributed by atoms with Gasteiger partial charge in [0.1, 0.15) is 5.75 Å². The molecule has 0 heterocycles. The molecule has 0 radical (unpaired) electrons. The maximum absolute atomic E-state index is 11.6. The van der Waals surface area contributed by atoms with Gasteiger partial charge in [0.15, 0.2) is 0 Å². The Morgan fingerprint density at radius 2 is 1.81 bits per heavy atom. The number of hydroxylamine groups is 1. The number of benzene rings is 2. The van der Waals surface area contributed by atoms with Crippen LogP contribution in [0, 0.1) is 0 Å². The molecule has 2 rings (SSSR count). The predicted molar refractivity (Wildman–Crippen MR) is 81.4 cm³/mol. The molecule has 1 amide bonds. The highest BCUT2D eigenvalue weighted by Gasteiger charge is 1.99. The van der Waals surface area contributed by atoms with Crippen molar-refractivity contribution in [3.8, 4) is 5.75 Å². The van der Waals surface area contributed by atoms with Gasteiger partial charge in [-0.3, -0.25) is 9.63 Å². The van der Waals surface area contributed by atoms with E-state index in [1.807, 2.05) is 54.6 Å². The first-order valence-electron chi connectivity index (χ1n) is 6.56. The molecule has 0 bridgehead atoms. The molecule has 0 unspecified atom stereocenters. The average molecular weight is 283 g/mol. The van der Waals surface area contributed by atoms with Crippen molar-refractivity contribution in [2.45, 2.75) is 6.61 Å². The molecule has 1 N–H and O–H groups in total. The number of rotatable bonds is 6. The Labute approximate surface area is 124 Å². The monoisotopic (exact) mass is 283 g/mol. The number of para-hydroxylation sites is 1. The molecule has 0 saturated heterocycles. The highest BCUT2D eigenvalue weighted by molar-refractivity contribution is 5.91. The number of ether oxygens (including phenoxy) is 1. The summed E-state index contributed by atoms with van der Waals surface area (Å²) in [5.74, 6) is 0.392. The molecule has 0 atom stereocenters. The largest absolute Gasteiger partial charge is 0.496 e. The lowest BCUT2D eigenvalue weighted by molar-refractivity contribution is -0.129. The van der Waals surface area contributed by atoms with E-state index in [0.29, 0.717) is 12.4 Å². The Bertz CT molecular complexity index is 608. The molecule has 2 aromatic carbocycles. The van der Waals surface area contributed by atoms with Crippen molar-refractivity contribution in [1.29, 1.82) is 0 Å². The van der Waals surface area contributed by atoms with E-state index in [-0.39, 0.29) is 5.91 Å². The van der Waals surface area contributed by atoms with Crippen LogP contribution in [-0.2, 0) is 16.2 Å². The Hall–Kier alpha value is -2.59. The van der Waals surface area contributed by atoms with Crippen LogP contribution in [0.1, 0.15) is 11.1 Å². The van der Waals surface area contributed by atoms with Crippen molar-refractivity contribution in [2.75, 3.05) is 7.11 Å². The number of nitrogens with one attached hydrogen (secondary N) is 1. The summed E-state index contributed by atoms with van der Waals surface area (Å²) in [5.41, 5.74) is 4.20. The van der Waals surface area contributed by atoms with Crippen LogP contribution in [0.25, 0.3) is 6.08 Å². The van der Waals surface area contributed by atoms with Crippen molar-refractivity contribution < 1.29 is 14.4 Å². The Morgan fingerprint density at radius 1 is 1.10 bits per heavy atom. The highest BCUT2D eigenvalue weighted by Crippen LogP contribution is 2.18. The van der Waals surface area contributed by atoms with Crippen molar-refractivity contribution in [2.24, 2.45) is 0 Å². The summed E-state index contributed by atoms with van der Waals surface area (Å²) in [4.78, 5) is 16.8. The molecular weight excluding hydrogens is 266 g/mol. The first-order valence-corrected chi connectivity index (χ1v) is 6.56. The van der Waals surface area contributed by atoms with Crippen LogP contribution in [0.3, 0.4) is 0 Å². The van der Waals surface area contributed by atoms with Gasteiger partial charge in [0, 0.05) is 11.6 Å². The minimum Gasteiger partial charge on any atom is -0.496 e. The lowest BCUT2D eigenvalue weighted by Crippen LogP contribution is -2.21. The van der Waals surface area contributed by atoms with E-state index in [1.54, 1.807) is 13.2 Å². The van der Waals surface area contributed by atoms with Gasteiger partial charge < -0.3 is 4.74 Å². The van der Waals surface area contributed by atoms with Crippen LogP contribution in [0.5, 0.6) is 5.75 Å². The lowest BCUT2D eigenvalue weighted by Gasteiger charge is -2.04. The standard InChI is InChI=1S/C17H17NO3/c1-20-16-10-6-5-9-15(16)11-12-17(19)18-21-13-14-7-3-2-4-8-14/h2-12H,13H2,1H3,(H,18,19)/b12-11+. The van der Waals surface area contributed by atoms with Crippen molar-refractivity contribution in [1.82, 2.24) is 5.48 Å². The zero-order valence-electron chi connectivity index (χ0n) is 11.8. The second-order valence-corrected chi connectivity index (χ2v) is 4.32. The summed E-state index contributed by atoms with van der Waals surface area (Å²) in [5, 5.41) is 0. The number of hydrogen-bond donors (Lipinski definition) is 1. The van der Waals surface area contributed by atoms with Crippen LogP contribution in [0.4, 0.5) is 0 Å². The van der Waals surface area contributed by atoms with Gasteiger partial charge in [-0.2, -0.15) is 0 Å². The fraction of sp³-hybridized carbons (Fsp3) is 0.118. The van der Waals surface area contributed by atoms with Gasteiger partial charge >= 0.3 is 0 Å². The van der Waals surface area contributed by atoms with E-state index < -0.39 is 0 Å². The van der Waals surface area contributed by atoms with Gasteiger partial charge in [-0.05, 0) is 17.7 Å². The molecule has 0 saturated carbocycles. The van der Waals surface area contributed by atoms with Gasteiger partial charge in [0.05, 0.1) is 13.7 Å². The zero-order valence-corrected chi connectivity index (χ0v) is 11.8. The predicted octanol–water partition coefficient (Wildman–Crippen LogP) is 2.96. The SMILES string of the molecule is COc1ccccc1/C=C/C(=O)NOCc1ccccc1. The fourth-order valence-electron chi connectivity index (χ4n) is 1.77. The number of amides is 1. The van der Waals surface area contributed by atoms with Crippen LogP contribution < -0.4 is 10.2 Å². The van der Waals surface area contributed by atoms with E-state index in [4.69, 9.17) is 9.57 Å². The summed E-state index contributed by atoms with van der Waals surface area (Å²) < 4.78 is 5.20. The summed E-state index contributed by atoms with van der Waals surface area (Å²) in [6, 6.07) is 17.1. The topological polar surface area (TPSA) is 47.6 Å². The first-order chi connectivity index (χ1) is 10.3. The van der Waals surface area contributed by atoms with E-state index >= 15 is 0 Å². The van der Waals surface area contributed by atoms with Crippen molar-refractivity contribution in [3.05, 3.63) is 71.8 Å². The van der Waals surface area contributed by atoms with Gasteiger partial charge in [0.2, 0.25) is 0 Å². The molecular formula is C17H17NO3. The van der Waals surface area contributed by atoms with Gasteiger partial charge in [-0.25, -0.2) is 5.48 Å². The zero-order chi connectivity index (χ0) is 14.9. The van der Waals surface area contributed by atoms with Crippen LogP contribution >= 0.6 is 0 Å². The minimum absolute atomic E-state index is 0.322. The summed E-state index contributed by atoms with van der Waals surface area (Å²) >= 11 is 0. The Morgan fingerprint density at radius 3 is 2.57 bits per heavy atom. The average Bonchev–Trinajstić information content (AvgIpc) is 2.54. The first kappa shape index (κ1) is 14.8. The molecule has 0 aliphatic carbocycles. The van der Waals surface area contributed by atoms with E-state index in [1.165, 1.54) is 6.08 Å². The second kappa shape index (κ2) is 7.87. The third-order valence-electron chi connectivity index (χ3n) is 2.81. The summed E-state index contributed by atoms with van der Waals surface area (Å²) in [6.07, 6.45) is 3.09.